The number of benzene rings is 2. The van der Waals surface area contributed by atoms with E-state index in [0.717, 1.165) is 51.2 Å². The predicted molar refractivity (Wildman–Crippen MR) is 90.7 cm³/mol. The van der Waals surface area contributed by atoms with Gasteiger partial charge in [-0.05, 0) is 42.3 Å². The van der Waals surface area contributed by atoms with E-state index in [2.05, 4.69) is 16.3 Å². The highest BCUT2D eigenvalue weighted by atomic mass is 16.5. The van der Waals surface area contributed by atoms with Crippen molar-refractivity contribution in [2.75, 3.05) is 13.7 Å². The number of fused-ring (bicyclic) bond motifs is 3. The van der Waals surface area contributed by atoms with Crippen LogP contribution in [-0.2, 0) is 6.42 Å². The summed E-state index contributed by atoms with van der Waals surface area (Å²) in [5.41, 5.74) is 4.00. The molecule has 1 unspecified atom stereocenters. The van der Waals surface area contributed by atoms with Crippen LogP contribution in [-0.4, -0.2) is 33.9 Å². The first kappa shape index (κ1) is 13.4. The second-order valence-corrected chi connectivity index (χ2v) is 6.11. The van der Waals surface area contributed by atoms with E-state index in [1.807, 2.05) is 30.5 Å². The maximum Gasteiger partial charge on any atom is 0.136 e. The summed E-state index contributed by atoms with van der Waals surface area (Å²) in [6.45, 7) is 0.599. The summed E-state index contributed by atoms with van der Waals surface area (Å²) in [6.07, 6.45) is 2.78. The molecule has 0 aliphatic carbocycles. The molecule has 0 saturated heterocycles. The molecule has 0 bridgehead atoms. The molecule has 0 amide bonds. The minimum atomic E-state index is 0.155. The molecule has 0 radical (unpaired) electrons. The molecule has 1 aliphatic heterocycles. The second-order valence-electron chi connectivity index (χ2n) is 6.11. The summed E-state index contributed by atoms with van der Waals surface area (Å²) >= 11 is 0. The molecule has 6 nitrogen and oxygen atoms in total. The maximum absolute atomic E-state index is 5.90. The number of imidazole rings is 1. The van der Waals surface area contributed by atoms with Gasteiger partial charge in [0.25, 0.3) is 0 Å². The molecular weight excluding hydrogens is 304 g/mol. The van der Waals surface area contributed by atoms with Crippen molar-refractivity contribution in [3.8, 4) is 11.5 Å². The Hall–Kier alpha value is -3.02. The van der Waals surface area contributed by atoms with Gasteiger partial charge in [0.2, 0.25) is 0 Å². The van der Waals surface area contributed by atoms with Crippen molar-refractivity contribution in [2.45, 2.75) is 12.3 Å². The molecule has 4 aromatic rings. The fourth-order valence-electron chi connectivity index (χ4n) is 3.31. The Bertz CT molecular complexity index is 1000. The summed E-state index contributed by atoms with van der Waals surface area (Å²) in [5, 5.41) is 7.19. The highest BCUT2D eigenvalue weighted by Crippen LogP contribution is 2.34. The molecule has 0 spiro atoms. The number of aromatic nitrogens is 4. The smallest absolute Gasteiger partial charge is 0.136 e. The van der Waals surface area contributed by atoms with E-state index in [-0.39, 0.29) is 5.92 Å². The molecule has 5 rings (SSSR count). The molecule has 0 saturated carbocycles. The zero-order chi connectivity index (χ0) is 16.1. The van der Waals surface area contributed by atoms with E-state index >= 15 is 0 Å². The molecule has 3 heterocycles. The molecule has 1 atom stereocenters. The van der Waals surface area contributed by atoms with Gasteiger partial charge in [0.15, 0.2) is 0 Å². The predicted octanol–water partition coefficient (Wildman–Crippen LogP) is 3.17. The van der Waals surface area contributed by atoms with Crippen LogP contribution in [0.1, 0.15) is 17.3 Å². The number of rotatable bonds is 2. The van der Waals surface area contributed by atoms with Crippen molar-refractivity contribution >= 4 is 21.9 Å². The molecule has 120 valence electrons. The zero-order valence-electron chi connectivity index (χ0n) is 13.2. The first-order valence-corrected chi connectivity index (χ1v) is 7.93. The number of nitrogens with zero attached hydrogens (tertiary/aromatic N) is 2. The van der Waals surface area contributed by atoms with Crippen LogP contribution < -0.4 is 9.47 Å². The van der Waals surface area contributed by atoms with Gasteiger partial charge in [0, 0.05) is 11.6 Å². The number of nitrogens with one attached hydrogen (secondary N) is 2. The molecule has 0 fully saturated rings. The van der Waals surface area contributed by atoms with Crippen LogP contribution in [0.4, 0.5) is 0 Å². The monoisotopic (exact) mass is 320 g/mol. The van der Waals surface area contributed by atoms with Crippen LogP contribution >= 0.6 is 0 Å². The van der Waals surface area contributed by atoms with E-state index in [9.17, 15) is 0 Å². The van der Waals surface area contributed by atoms with Gasteiger partial charge in [0.05, 0.1) is 36.2 Å². The lowest BCUT2D eigenvalue weighted by Crippen LogP contribution is -2.20. The lowest BCUT2D eigenvalue weighted by atomic mass is 9.96. The Morgan fingerprint density at radius 1 is 1.17 bits per heavy atom. The van der Waals surface area contributed by atoms with E-state index in [4.69, 9.17) is 19.4 Å². The number of hydrogen-bond acceptors (Lipinski definition) is 4. The summed E-state index contributed by atoms with van der Waals surface area (Å²) in [7, 11) is 1.68. The Morgan fingerprint density at radius 2 is 2.04 bits per heavy atom. The molecule has 2 N–H and O–H groups in total. The van der Waals surface area contributed by atoms with Gasteiger partial charge in [-0.3, -0.25) is 0 Å². The molecular formula is C18H16N4O2. The first-order chi connectivity index (χ1) is 11.8. The Morgan fingerprint density at radius 3 is 2.92 bits per heavy atom. The average molecular weight is 320 g/mol. The quantitative estimate of drug-likeness (QED) is 0.595. The second kappa shape index (κ2) is 4.99. The summed E-state index contributed by atoms with van der Waals surface area (Å²) in [5.74, 6) is 2.76. The van der Waals surface area contributed by atoms with Crippen LogP contribution in [0, 0.1) is 0 Å². The lowest BCUT2D eigenvalue weighted by molar-refractivity contribution is 0.257. The number of H-pyrrole nitrogens is 2. The molecule has 2 aromatic carbocycles. The zero-order valence-corrected chi connectivity index (χ0v) is 13.2. The van der Waals surface area contributed by atoms with Crippen LogP contribution in [0.2, 0.25) is 0 Å². The van der Waals surface area contributed by atoms with Gasteiger partial charge >= 0.3 is 0 Å². The third-order valence-corrected chi connectivity index (χ3v) is 4.59. The van der Waals surface area contributed by atoms with E-state index in [0.29, 0.717) is 6.61 Å². The van der Waals surface area contributed by atoms with E-state index in [1.165, 1.54) is 0 Å². The van der Waals surface area contributed by atoms with Crippen LogP contribution in [0.25, 0.3) is 21.9 Å². The average Bonchev–Trinajstić information content (AvgIpc) is 3.24. The van der Waals surface area contributed by atoms with Crippen molar-refractivity contribution in [1.82, 2.24) is 20.2 Å². The first-order valence-electron chi connectivity index (χ1n) is 7.93. The number of ether oxygens (including phenoxy) is 2. The fourth-order valence-corrected chi connectivity index (χ4v) is 3.31. The van der Waals surface area contributed by atoms with Gasteiger partial charge in [-0.15, -0.1) is 0 Å². The lowest BCUT2D eigenvalue weighted by Gasteiger charge is -2.24. The molecule has 1 aliphatic rings. The van der Waals surface area contributed by atoms with E-state index < -0.39 is 0 Å². The Labute approximate surface area is 137 Å². The van der Waals surface area contributed by atoms with Crippen molar-refractivity contribution in [3.63, 3.8) is 0 Å². The van der Waals surface area contributed by atoms with Gasteiger partial charge in [-0.2, -0.15) is 0 Å². The summed E-state index contributed by atoms with van der Waals surface area (Å²) < 4.78 is 11.2. The van der Waals surface area contributed by atoms with Crippen molar-refractivity contribution in [2.24, 2.45) is 0 Å². The number of methoxy groups -OCH3 is 1. The van der Waals surface area contributed by atoms with E-state index in [1.54, 1.807) is 7.11 Å². The maximum atomic E-state index is 5.90. The normalized spacial score (nSPS) is 17.0. The van der Waals surface area contributed by atoms with Crippen molar-refractivity contribution in [3.05, 3.63) is 47.9 Å². The summed E-state index contributed by atoms with van der Waals surface area (Å²) in [4.78, 5) is 9.46. The van der Waals surface area contributed by atoms with Gasteiger partial charge in [0.1, 0.15) is 17.3 Å². The third kappa shape index (κ3) is 2.03. The molecule has 6 heteroatoms. The largest absolute Gasteiger partial charge is 0.497 e. The molecule has 2 aromatic heterocycles. The van der Waals surface area contributed by atoms with Crippen LogP contribution in [0.3, 0.4) is 0 Å². The minimum Gasteiger partial charge on any atom is -0.497 e. The minimum absolute atomic E-state index is 0.155. The van der Waals surface area contributed by atoms with Crippen LogP contribution in [0.5, 0.6) is 11.5 Å². The van der Waals surface area contributed by atoms with Gasteiger partial charge < -0.3 is 19.7 Å². The van der Waals surface area contributed by atoms with Gasteiger partial charge in [-0.25, -0.2) is 9.97 Å². The molecule has 24 heavy (non-hydrogen) atoms. The number of aromatic amines is 2. The topological polar surface area (TPSA) is 75.8 Å². The third-order valence-electron chi connectivity index (χ3n) is 4.59. The van der Waals surface area contributed by atoms with Crippen LogP contribution in [0.15, 0.2) is 36.5 Å². The fraction of sp³-hybridized carbons (Fsp3) is 0.222. The standard InChI is InChI=1S/C18H16N4O2/c1-23-13-2-3-17-10(5-13)4-12(9-24-17)18-20-15-6-11-8-19-22-14(11)7-16(15)21-18/h2-3,5-8,12,19,22H,4,9H2,1H3. The number of hydrogen-bond donors (Lipinski definition) is 2. The van der Waals surface area contributed by atoms with Crippen molar-refractivity contribution < 1.29 is 9.47 Å². The van der Waals surface area contributed by atoms with Crippen molar-refractivity contribution in [1.29, 1.82) is 0 Å². The Kier molecular flexibility index (Phi) is 2.79. The van der Waals surface area contributed by atoms with Gasteiger partial charge in [-0.1, -0.05) is 0 Å². The highest BCUT2D eigenvalue weighted by Gasteiger charge is 2.25. The highest BCUT2D eigenvalue weighted by molar-refractivity contribution is 5.92. The Balaban J connectivity index is 1.52. The SMILES string of the molecule is COc1ccc2c(c1)CC(c1nc3cc4c[nH][nH]c4cc3n1)CO2. The summed E-state index contributed by atoms with van der Waals surface area (Å²) in [6, 6.07) is 9.99.